The van der Waals surface area contributed by atoms with Gasteiger partial charge in [-0.25, -0.2) is 19.4 Å². The topological polar surface area (TPSA) is 94.4 Å². The second kappa shape index (κ2) is 13.3. The number of amides is 1. The smallest absolute Gasteiger partial charge is 0.407 e. The Bertz CT molecular complexity index is 1530. The molecule has 1 spiro atoms. The van der Waals surface area contributed by atoms with Crippen molar-refractivity contribution in [3.63, 3.8) is 0 Å². The van der Waals surface area contributed by atoms with Crippen molar-refractivity contribution < 1.29 is 14.3 Å². The van der Waals surface area contributed by atoms with Gasteiger partial charge in [0.1, 0.15) is 16.3 Å². The van der Waals surface area contributed by atoms with Crippen LogP contribution in [0.1, 0.15) is 84.1 Å². The van der Waals surface area contributed by atoms with Gasteiger partial charge in [-0.3, -0.25) is 0 Å². The summed E-state index contributed by atoms with van der Waals surface area (Å²) in [5.74, 6) is 0.844. The molecular weight excluding hydrogens is 631 g/mol. The fourth-order valence-corrected chi connectivity index (χ4v) is 8.23. The number of rotatable bonds is 6. The van der Waals surface area contributed by atoms with Crippen molar-refractivity contribution in [3.05, 3.63) is 46.2 Å². The molecule has 6 rings (SSSR count). The Kier molecular flexibility index (Phi) is 9.58. The molecule has 2 aromatic heterocycles. The van der Waals surface area contributed by atoms with Crippen LogP contribution in [0.2, 0.25) is 10.0 Å². The first-order valence-electron chi connectivity index (χ1n) is 15.9. The minimum atomic E-state index is -0.524. The summed E-state index contributed by atoms with van der Waals surface area (Å²) in [6.07, 6.45) is 9.48. The van der Waals surface area contributed by atoms with E-state index in [1.54, 1.807) is 6.07 Å². The van der Waals surface area contributed by atoms with E-state index >= 15 is 0 Å². The minimum absolute atomic E-state index is 0.0485. The number of alkyl carbamates (subject to hydrolysis) is 1. The summed E-state index contributed by atoms with van der Waals surface area (Å²) in [5, 5.41) is 9.69. The maximum absolute atomic E-state index is 12.7. The van der Waals surface area contributed by atoms with Gasteiger partial charge in [0.15, 0.2) is 12.0 Å². The second-order valence-corrected chi connectivity index (χ2v) is 15.2. The summed E-state index contributed by atoms with van der Waals surface area (Å²) in [6, 6.07) is 7.73. The monoisotopic (exact) mass is 672 g/mol. The lowest BCUT2D eigenvalue weighted by Gasteiger charge is -2.44. The maximum atomic E-state index is 12.7. The number of ether oxygens (including phenoxy) is 2. The van der Waals surface area contributed by atoms with E-state index in [2.05, 4.69) is 10.2 Å². The lowest BCUT2D eigenvalue weighted by atomic mass is 9.74. The van der Waals surface area contributed by atoms with Crippen molar-refractivity contribution in [2.45, 2.75) is 107 Å². The molecule has 45 heavy (non-hydrogen) atoms. The number of halogens is 2. The molecule has 4 heterocycles. The summed E-state index contributed by atoms with van der Waals surface area (Å²) in [7, 11) is 0. The van der Waals surface area contributed by atoms with Gasteiger partial charge in [0, 0.05) is 36.8 Å². The standard InChI is InChI=1S/C33H42Cl2N6O3S/c1-21-30(45-24-10-7-9-22(34)27(24)35)39-28(23-13-17-36-41(23)26-12-5-6-20-43-26)29(37-21)40-18-15-33(16-19-40)14-8-11-25(33)38-31(42)44-32(2,3)4/h7,9-10,13,17,25-26H,5-6,8,11-12,14-16,18-20H2,1-4H3,(H,38,42)/t25-,26?/m1/s1. The molecule has 3 aliphatic rings. The Balaban J connectivity index is 1.30. The first-order chi connectivity index (χ1) is 21.5. The van der Waals surface area contributed by atoms with Crippen LogP contribution in [0.15, 0.2) is 40.4 Å². The summed E-state index contributed by atoms with van der Waals surface area (Å²) in [4.78, 5) is 26.3. The summed E-state index contributed by atoms with van der Waals surface area (Å²) in [6.45, 7) is 10.0. The van der Waals surface area contributed by atoms with Gasteiger partial charge in [-0.1, -0.05) is 47.5 Å². The van der Waals surface area contributed by atoms with E-state index in [1.165, 1.54) is 11.8 Å². The highest BCUT2D eigenvalue weighted by Crippen LogP contribution is 2.48. The molecule has 1 amide bonds. The number of aromatic nitrogens is 4. The molecule has 2 atom stereocenters. The van der Waals surface area contributed by atoms with E-state index in [9.17, 15) is 4.79 Å². The van der Waals surface area contributed by atoms with Crippen LogP contribution in [0.25, 0.3) is 11.4 Å². The Morgan fingerprint density at radius 3 is 2.62 bits per heavy atom. The zero-order chi connectivity index (χ0) is 31.8. The zero-order valence-corrected chi connectivity index (χ0v) is 28.8. The summed E-state index contributed by atoms with van der Waals surface area (Å²) >= 11 is 14.4. The van der Waals surface area contributed by atoms with Crippen molar-refractivity contribution in [3.8, 4) is 11.4 Å². The molecule has 2 aliphatic heterocycles. The second-order valence-electron chi connectivity index (χ2n) is 13.4. The average molecular weight is 674 g/mol. The first kappa shape index (κ1) is 32.4. The maximum Gasteiger partial charge on any atom is 0.407 e. The van der Waals surface area contributed by atoms with Crippen molar-refractivity contribution in [2.24, 2.45) is 5.41 Å². The Morgan fingerprint density at radius 2 is 1.89 bits per heavy atom. The lowest BCUT2D eigenvalue weighted by molar-refractivity contribution is -0.0384. The number of hydrogen-bond donors (Lipinski definition) is 1. The van der Waals surface area contributed by atoms with Crippen LogP contribution in [-0.4, -0.2) is 57.2 Å². The molecular formula is C33H42Cl2N6O3S. The number of piperidine rings is 1. The van der Waals surface area contributed by atoms with Crippen LogP contribution in [0.4, 0.5) is 10.6 Å². The number of nitrogens with zero attached hydrogens (tertiary/aromatic N) is 5. The van der Waals surface area contributed by atoms with Gasteiger partial charge in [0.2, 0.25) is 0 Å². The van der Waals surface area contributed by atoms with Crippen LogP contribution in [-0.2, 0) is 9.47 Å². The normalized spacial score (nSPS) is 21.7. The SMILES string of the molecule is Cc1nc(N2CCC3(CCC[C@H]3NC(=O)OC(C)(C)C)CC2)c(-c2ccnn2C2CCCCO2)nc1Sc1cccc(Cl)c1Cl. The molecule has 2 saturated heterocycles. The van der Waals surface area contributed by atoms with Crippen LogP contribution in [0, 0.1) is 12.3 Å². The van der Waals surface area contributed by atoms with E-state index in [4.69, 9.17) is 47.7 Å². The Labute approximate surface area is 279 Å². The molecule has 9 nitrogen and oxygen atoms in total. The molecule has 0 bridgehead atoms. The Morgan fingerprint density at radius 1 is 1.09 bits per heavy atom. The largest absolute Gasteiger partial charge is 0.444 e. The average Bonchev–Trinajstić information content (AvgIpc) is 3.64. The number of anilines is 1. The predicted octanol–water partition coefficient (Wildman–Crippen LogP) is 8.47. The van der Waals surface area contributed by atoms with E-state index in [0.29, 0.717) is 10.0 Å². The first-order valence-corrected chi connectivity index (χ1v) is 17.5. The Hall–Kier alpha value is -2.53. The summed E-state index contributed by atoms with van der Waals surface area (Å²) in [5.41, 5.74) is 2.00. The van der Waals surface area contributed by atoms with E-state index < -0.39 is 5.60 Å². The van der Waals surface area contributed by atoms with Crippen LogP contribution in [0.5, 0.6) is 0 Å². The fourth-order valence-electron chi connectivity index (χ4n) is 6.87. The van der Waals surface area contributed by atoms with E-state index in [0.717, 1.165) is 104 Å². The third kappa shape index (κ3) is 7.09. The van der Waals surface area contributed by atoms with Gasteiger partial charge in [0.05, 0.1) is 21.4 Å². The quantitative estimate of drug-likeness (QED) is 0.279. The molecule has 1 unspecified atom stereocenters. The lowest BCUT2D eigenvalue weighted by Crippen LogP contribution is -2.51. The van der Waals surface area contributed by atoms with Gasteiger partial charge >= 0.3 is 6.09 Å². The molecule has 242 valence electrons. The van der Waals surface area contributed by atoms with Gasteiger partial charge in [0.25, 0.3) is 0 Å². The summed E-state index contributed by atoms with van der Waals surface area (Å²) < 4.78 is 13.7. The highest BCUT2D eigenvalue weighted by molar-refractivity contribution is 7.99. The highest BCUT2D eigenvalue weighted by Gasteiger charge is 2.46. The van der Waals surface area contributed by atoms with Crippen molar-refractivity contribution in [1.82, 2.24) is 25.1 Å². The van der Waals surface area contributed by atoms with Crippen molar-refractivity contribution >= 4 is 46.9 Å². The van der Waals surface area contributed by atoms with Crippen LogP contribution in [0.3, 0.4) is 0 Å². The molecule has 3 fully saturated rings. The third-order valence-electron chi connectivity index (χ3n) is 9.13. The number of carbonyl (C=O) groups is 1. The fraction of sp³-hybridized carbons (Fsp3) is 0.576. The number of carbonyl (C=O) groups excluding carboxylic acids is 1. The van der Waals surface area contributed by atoms with Crippen molar-refractivity contribution in [2.75, 3.05) is 24.6 Å². The van der Waals surface area contributed by atoms with Gasteiger partial charge in [-0.05, 0) is 96.3 Å². The van der Waals surface area contributed by atoms with Crippen molar-refractivity contribution in [1.29, 1.82) is 0 Å². The molecule has 1 saturated carbocycles. The number of nitrogens with one attached hydrogen (secondary N) is 1. The number of aryl methyl sites for hydroxylation is 1. The van der Waals surface area contributed by atoms with Crippen LogP contribution >= 0.6 is 35.0 Å². The van der Waals surface area contributed by atoms with E-state index in [-0.39, 0.29) is 23.8 Å². The van der Waals surface area contributed by atoms with Gasteiger partial charge in [-0.15, -0.1) is 0 Å². The third-order valence-corrected chi connectivity index (χ3v) is 11.2. The minimum Gasteiger partial charge on any atom is -0.444 e. The van der Waals surface area contributed by atoms with Gasteiger partial charge < -0.3 is 19.7 Å². The zero-order valence-electron chi connectivity index (χ0n) is 26.4. The highest BCUT2D eigenvalue weighted by atomic mass is 35.5. The molecule has 0 radical (unpaired) electrons. The molecule has 12 heteroatoms. The van der Waals surface area contributed by atoms with Gasteiger partial charge in [-0.2, -0.15) is 5.10 Å². The number of benzene rings is 1. The number of hydrogen-bond acceptors (Lipinski definition) is 8. The molecule has 1 aliphatic carbocycles. The molecule has 3 aromatic rings. The molecule has 1 N–H and O–H groups in total. The predicted molar refractivity (Wildman–Crippen MR) is 178 cm³/mol. The molecule has 1 aromatic carbocycles. The van der Waals surface area contributed by atoms with Crippen LogP contribution < -0.4 is 10.2 Å². The van der Waals surface area contributed by atoms with E-state index in [1.807, 2.05) is 56.8 Å².